The maximum absolute atomic E-state index is 12.6. The standard InChI is InChI=1S/C24H33NO4Si/c1-30(2,3)29-17-11-10-16-22(18-23(26)21-14-8-5-9-15-21)25-24(27)28-19-20-12-6-4-7-13-20/h4-9,12-15,22H,10-11,16-19H2,1-3H3,(H,25,27). The summed E-state index contributed by atoms with van der Waals surface area (Å²) in [5, 5.41) is 2.88. The first kappa shape index (κ1) is 23.8. The number of ketones is 1. The van der Waals surface area contributed by atoms with E-state index in [0.717, 1.165) is 18.4 Å². The van der Waals surface area contributed by atoms with Crippen molar-refractivity contribution in [2.45, 2.75) is 58.0 Å². The fourth-order valence-corrected chi connectivity index (χ4v) is 3.75. The molecule has 2 aromatic rings. The molecule has 2 rings (SSSR count). The van der Waals surface area contributed by atoms with Gasteiger partial charge < -0.3 is 14.5 Å². The van der Waals surface area contributed by atoms with Crippen molar-refractivity contribution < 1.29 is 18.8 Å². The van der Waals surface area contributed by atoms with Gasteiger partial charge in [0.1, 0.15) is 6.61 Å². The molecule has 0 aliphatic rings. The van der Waals surface area contributed by atoms with E-state index in [9.17, 15) is 9.59 Å². The third-order valence-electron chi connectivity index (χ3n) is 4.54. The molecule has 0 saturated carbocycles. The van der Waals surface area contributed by atoms with Gasteiger partial charge in [0.25, 0.3) is 0 Å². The van der Waals surface area contributed by atoms with E-state index in [4.69, 9.17) is 9.16 Å². The predicted octanol–water partition coefficient (Wildman–Crippen LogP) is 5.58. The first-order valence-corrected chi connectivity index (χ1v) is 13.9. The number of rotatable bonds is 12. The minimum absolute atomic E-state index is 0.0160. The van der Waals surface area contributed by atoms with E-state index in [2.05, 4.69) is 25.0 Å². The zero-order valence-corrected chi connectivity index (χ0v) is 19.2. The van der Waals surface area contributed by atoms with Crippen molar-refractivity contribution >= 4 is 20.2 Å². The molecule has 1 N–H and O–H groups in total. The quantitative estimate of drug-likeness (QED) is 0.273. The van der Waals surface area contributed by atoms with Gasteiger partial charge in [0.2, 0.25) is 0 Å². The Kier molecular flexibility index (Phi) is 9.77. The Morgan fingerprint density at radius 3 is 2.20 bits per heavy atom. The van der Waals surface area contributed by atoms with E-state index in [1.807, 2.05) is 48.5 Å². The number of amides is 1. The number of hydrogen-bond donors (Lipinski definition) is 1. The van der Waals surface area contributed by atoms with Gasteiger partial charge in [-0.25, -0.2) is 4.79 Å². The summed E-state index contributed by atoms with van der Waals surface area (Å²) in [7, 11) is -1.52. The summed E-state index contributed by atoms with van der Waals surface area (Å²) in [5.74, 6) is 0.0160. The maximum atomic E-state index is 12.6. The number of Topliss-reactive ketones (excluding diaryl/α,β-unsaturated/α-hetero) is 1. The molecule has 30 heavy (non-hydrogen) atoms. The molecule has 6 heteroatoms. The van der Waals surface area contributed by atoms with Crippen molar-refractivity contribution in [3.05, 3.63) is 71.8 Å². The smallest absolute Gasteiger partial charge is 0.407 e. The molecule has 2 aromatic carbocycles. The van der Waals surface area contributed by atoms with Gasteiger partial charge >= 0.3 is 6.09 Å². The highest BCUT2D eigenvalue weighted by Crippen LogP contribution is 2.12. The molecule has 0 bridgehead atoms. The second kappa shape index (κ2) is 12.3. The van der Waals surface area contributed by atoms with Crippen molar-refractivity contribution in [2.75, 3.05) is 6.61 Å². The molecular weight excluding hydrogens is 394 g/mol. The summed E-state index contributed by atoms with van der Waals surface area (Å²) < 4.78 is 11.2. The van der Waals surface area contributed by atoms with E-state index >= 15 is 0 Å². The molecular formula is C24H33NO4Si. The fraction of sp³-hybridized carbons (Fsp3) is 0.417. The summed E-state index contributed by atoms with van der Waals surface area (Å²) >= 11 is 0. The molecule has 0 radical (unpaired) electrons. The fourth-order valence-electron chi connectivity index (χ4n) is 2.99. The average Bonchev–Trinajstić information content (AvgIpc) is 2.72. The van der Waals surface area contributed by atoms with Gasteiger partial charge in [0.05, 0.1) is 0 Å². The molecule has 1 unspecified atom stereocenters. The Labute approximate surface area is 180 Å². The summed E-state index contributed by atoms with van der Waals surface area (Å²) in [6.45, 7) is 7.42. The highest BCUT2D eigenvalue weighted by Gasteiger charge is 2.19. The van der Waals surface area contributed by atoms with Gasteiger partial charge in [-0.1, -0.05) is 60.7 Å². The normalized spacial score (nSPS) is 12.2. The first-order valence-electron chi connectivity index (χ1n) is 10.5. The van der Waals surface area contributed by atoms with Crippen LogP contribution in [0, 0.1) is 0 Å². The van der Waals surface area contributed by atoms with Crippen LogP contribution in [0.25, 0.3) is 0 Å². The molecule has 162 valence electrons. The van der Waals surface area contributed by atoms with Gasteiger partial charge in [-0.3, -0.25) is 4.79 Å². The van der Waals surface area contributed by atoms with E-state index in [0.29, 0.717) is 18.6 Å². The lowest BCUT2D eigenvalue weighted by Crippen LogP contribution is -2.37. The maximum Gasteiger partial charge on any atom is 0.407 e. The van der Waals surface area contributed by atoms with Gasteiger partial charge in [0.15, 0.2) is 14.1 Å². The largest absolute Gasteiger partial charge is 0.445 e. The zero-order chi connectivity index (χ0) is 21.8. The van der Waals surface area contributed by atoms with Crippen LogP contribution in [0.15, 0.2) is 60.7 Å². The van der Waals surface area contributed by atoms with Gasteiger partial charge in [-0.05, 0) is 44.5 Å². The highest BCUT2D eigenvalue weighted by atomic mass is 28.4. The SMILES string of the molecule is C[Si](C)(C)OCCCCC(CC(=O)c1ccccc1)NC(=O)OCc1ccccc1. The van der Waals surface area contributed by atoms with Crippen LogP contribution in [0.1, 0.15) is 41.6 Å². The third kappa shape index (κ3) is 9.85. The van der Waals surface area contributed by atoms with Gasteiger partial charge in [-0.2, -0.15) is 0 Å². The van der Waals surface area contributed by atoms with Gasteiger partial charge in [-0.15, -0.1) is 0 Å². The van der Waals surface area contributed by atoms with E-state index in [1.165, 1.54) is 0 Å². The monoisotopic (exact) mass is 427 g/mol. The Balaban J connectivity index is 1.87. The van der Waals surface area contributed by atoms with Crippen molar-refractivity contribution in [2.24, 2.45) is 0 Å². The van der Waals surface area contributed by atoms with E-state index < -0.39 is 14.4 Å². The summed E-state index contributed by atoms with van der Waals surface area (Å²) in [4.78, 5) is 24.9. The Morgan fingerprint density at radius 2 is 1.57 bits per heavy atom. The molecule has 1 amide bonds. The van der Waals surface area contributed by atoms with Gasteiger partial charge in [0, 0.05) is 24.6 Å². The zero-order valence-electron chi connectivity index (χ0n) is 18.2. The summed E-state index contributed by atoms with van der Waals surface area (Å²) in [6.07, 6.45) is 2.23. The van der Waals surface area contributed by atoms with Crippen LogP contribution in [0.4, 0.5) is 4.79 Å². The lowest BCUT2D eigenvalue weighted by Gasteiger charge is -2.20. The van der Waals surface area contributed by atoms with Crippen LogP contribution in [-0.2, 0) is 15.8 Å². The Morgan fingerprint density at radius 1 is 0.933 bits per heavy atom. The minimum atomic E-state index is -1.52. The van der Waals surface area contributed by atoms with Crippen molar-refractivity contribution in [3.8, 4) is 0 Å². The van der Waals surface area contributed by atoms with E-state index in [-0.39, 0.29) is 24.9 Å². The molecule has 0 fully saturated rings. The number of alkyl carbamates (subject to hydrolysis) is 1. The number of carbonyl (C=O) groups excluding carboxylic acids is 2. The van der Waals surface area contributed by atoms with Crippen LogP contribution >= 0.6 is 0 Å². The second-order valence-electron chi connectivity index (χ2n) is 8.35. The number of hydrogen-bond acceptors (Lipinski definition) is 4. The molecule has 1 atom stereocenters. The van der Waals surface area contributed by atoms with Crippen LogP contribution in [-0.4, -0.2) is 32.8 Å². The third-order valence-corrected chi connectivity index (χ3v) is 5.61. The van der Waals surface area contributed by atoms with Crippen LogP contribution < -0.4 is 5.32 Å². The molecule has 5 nitrogen and oxygen atoms in total. The average molecular weight is 428 g/mol. The van der Waals surface area contributed by atoms with Crippen LogP contribution in [0.5, 0.6) is 0 Å². The second-order valence-corrected chi connectivity index (χ2v) is 12.9. The first-order chi connectivity index (χ1) is 14.3. The molecule has 0 saturated heterocycles. The van der Waals surface area contributed by atoms with Crippen molar-refractivity contribution in [1.82, 2.24) is 5.32 Å². The minimum Gasteiger partial charge on any atom is -0.445 e. The van der Waals surface area contributed by atoms with Crippen LogP contribution in [0.3, 0.4) is 0 Å². The molecule has 0 spiro atoms. The van der Waals surface area contributed by atoms with E-state index in [1.54, 1.807) is 12.1 Å². The topological polar surface area (TPSA) is 64.6 Å². The number of carbonyl (C=O) groups is 2. The lowest BCUT2D eigenvalue weighted by atomic mass is 10.00. The molecule has 0 aliphatic heterocycles. The van der Waals surface area contributed by atoms with Crippen molar-refractivity contribution in [1.29, 1.82) is 0 Å². The summed E-state index contributed by atoms with van der Waals surface area (Å²) in [6, 6.07) is 18.4. The molecule has 0 aliphatic carbocycles. The molecule has 0 heterocycles. The number of ether oxygens (including phenoxy) is 1. The Bertz CT molecular complexity index is 775. The summed E-state index contributed by atoms with van der Waals surface area (Å²) in [5.41, 5.74) is 1.58. The number of unbranched alkanes of at least 4 members (excludes halogenated alkanes) is 1. The molecule has 0 aromatic heterocycles. The van der Waals surface area contributed by atoms with Crippen molar-refractivity contribution in [3.63, 3.8) is 0 Å². The van der Waals surface area contributed by atoms with Crippen LogP contribution in [0.2, 0.25) is 19.6 Å². The number of benzene rings is 2. The highest BCUT2D eigenvalue weighted by molar-refractivity contribution is 6.69. The lowest BCUT2D eigenvalue weighted by molar-refractivity contribution is 0.0960. The number of nitrogens with one attached hydrogen (secondary N) is 1. The Hall–Kier alpha value is -2.44. The predicted molar refractivity (Wildman–Crippen MR) is 122 cm³/mol.